The number of benzene rings is 1. The normalized spacial score (nSPS) is 21.0. The highest BCUT2D eigenvalue weighted by molar-refractivity contribution is 7.21. The Morgan fingerprint density at radius 3 is 2.59 bits per heavy atom. The van der Waals surface area contributed by atoms with Crippen LogP contribution >= 0.6 is 22.9 Å². The maximum atomic E-state index is 12.9. The van der Waals surface area contributed by atoms with Gasteiger partial charge in [0.15, 0.2) is 0 Å². The molecule has 6 rings (SSSR count). The molecule has 232 valence electrons. The average Bonchev–Trinajstić information content (AvgIpc) is 3.24. The molecule has 0 saturated carbocycles. The van der Waals surface area contributed by atoms with Crippen LogP contribution < -0.4 is 15.4 Å². The number of rotatable bonds is 4. The van der Waals surface area contributed by atoms with Crippen LogP contribution in [0, 0.1) is 0 Å². The second kappa shape index (κ2) is 11.6. The summed E-state index contributed by atoms with van der Waals surface area (Å²) in [5.41, 5.74) is 1.77. The minimum atomic E-state index is -0.558. The summed E-state index contributed by atoms with van der Waals surface area (Å²) in [7, 11) is 0. The van der Waals surface area contributed by atoms with Gasteiger partial charge in [0, 0.05) is 77.6 Å². The molecule has 2 aliphatic rings. The first kappa shape index (κ1) is 30.3. The molecular formula is C31H36ClN7O4S. The highest BCUT2D eigenvalue weighted by Crippen LogP contribution is 2.41. The molecule has 0 radical (unpaired) electrons. The molecule has 11 nitrogen and oxygen atoms in total. The fourth-order valence-electron chi connectivity index (χ4n) is 5.91. The Bertz CT molecular complexity index is 1740. The van der Waals surface area contributed by atoms with Crippen LogP contribution in [0.25, 0.3) is 21.0 Å². The van der Waals surface area contributed by atoms with Crippen molar-refractivity contribution in [3.63, 3.8) is 0 Å². The molecule has 3 atom stereocenters. The third-order valence-corrected chi connectivity index (χ3v) is 8.99. The summed E-state index contributed by atoms with van der Waals surface area (Å²) in [6.45, 7) is 14.1. The summed E-state index contributed by atoms with van der Waals surface area (Å²) in [5.74, 6) is 0.623. The lowest BCUT2D eigenvalue weighted by Gasteiger charge is -2.44. The van der Waals surface area contributed by atoms with Crippen molar-refractivity contribution in [3.05, 3.63) is 46.2 Å². The Hall–Kier alpha value is -3.74. The summed E-state index contributed by atoms with van der Waals surface area (Å²) in [4.78, 5) is 43.8. The van der Waals surface area contributed by atoms with Crippen LogP contribution in [0.2, 0.25) is 5.28 Å². The van der Waals surface area contributed by atoms with E-state index in [9.17, 15) is 9.59 Å². The van der Waals surface area contributed by atoms with Crippen molar-refractivity contribution in [1.82, 2.24) is 30.1 Å². The summed E-state index contributed by atoms with van der Waals surface area (Å²) >= 11 is 7.67. The van der Waals surface area contributed by atoms with E-state index >= 15 is 0 Å². The standard InChI is InChI=1S/C31H36ClN7O4S/c1-16-11-33-25-24-20-7-10-23(36-21(20)8-9-22(24)44-26(25)27(40)35-16)42-28-19(12-34-29(32)37-28)15-38-13-17(2)39(18(3)14-38)30(41)43-31(4,5)6/h7-10,12,16-18,33H,11,13-15H2,1-6H3,(H,35,40)/t16-,17-,18+/m1/s1. The lowest BCUT2D eigenvalue weighted by atomic mass is 10.1. The number of nitrogens with zero attached hydrogens (tertiary/aromatic N) is 5. The zero-order valence-electron chi connectivity index (χ0n) is 25.6. The third-order valence-electron chi connectivity index (χ3n) is 7.65. The highest BCUT2D eigenvalue weighted by Gasteiger charge is 2.36. The number of aromatic nitrogens is 3. The Morgan fingerprint density at radius 2 is 1.86 bits per heavy atom. The molecule has 3 aromatic heterocycles. The van der Waals surface area contributed by atoms with E-state index in [4.69, 9.17) is 26.1 Å². The van der Waals surface area contributed by atoms with Crippen molar-refractivity contribution in [3.8, 4) is 11.8 Å². The average molecular weight is 638 g/mol. The van der Waals surface area contributed by atoms with E-state index in [0.717, 1.165) is 32.2 Å². The molecule has 1 saturated heterocycles. The molecule has 0 aliphatic carbocycles. The summed E-state index contributed by atoms with van der Waals surface area (Å²) in [5, 5.41) is 8.46. The molecule has 44 heavy (non-hydrogen) atoms. The van der Waals surface area contributed by atoms with Gasteiger partial charge in [0.05, 0.1) is 11.2 Å². The minimum Gasteiger partial charge on any atom is -0.444 e. The molecule has 0 bridgehead atoms. The first-order chi connectivity index (χ1) is 20.9. The molecule has 0 spiro atoms. The van der Waals surface area contributed by atoms with E-state index in [1.807, 2.05) is 64.6 Å². The molecule has 2 aliphatic heterocycles. The first-order valence-corrected chi connectivity index (χ1v) is 15.9. The SMILES string of the molecule is C[C@@H]1CNc2c(sc3ccc4nc(Oc5nc(Cl)ncc5CN5C[C@@H](C)N(C(=O)OC(C)(C)C)[C@@H](C)C5)ccc4c23)C(=O)N1. The Labute approximate surface area is 264 Å². The number of pyridine rings is 1. The molecule has 4 aromatic rings. The van der Waals surface area contributed by atoms with E-state index in [2.05, 4.69) is 25.5 Å². The molecule has 2 N–H and O–H groups in total. The first-order valence-electron chi connectivity index (χ1n) is 14.7. The summed E-state index contributed by atoms with van der Waals surface area (Å²) in [6, 6.07) is 7.60. The lowest BCUT2D eigenvalue weighted by Crippen LogP contribution is -2.59. The number of carbonyl (C=O) groups excluding carboxylic acids is 2. The van der Waals surface area contributed by atoms with Gasteiger partial charge in [-0.15, -0.1) is 11.3 Å². The van der Waals surface area contributed by atoms with Crippen LogP contribution in [-0.2, 0) is 11.3 Å². The van der Waals surface area contributed by atoms with Crippen LogP contribution in [0.5, 0.6) is 11.8 Å². The molecule has 13 heteroatoms. The van der Waals surface area contributed by atoms with Gasteiger partial charge in [0.25, 0.3) is 5.91 Å². The van der Waals surface area contributed by atoms with Crippen LogP contribution in [-0.4, -0.2) is 80.1 Å². The molecule has 1 aromatic carbocycles. The monoisotopic (exact) mass is 637 g/mol. The molecule has 2 amide bonds. The number of ether oxygens (including phenoxy) is 2. The van der Waals surface area contributed by atoms with E-state index in [-0.39, 0.29) is 35.4 Å². The van der Waals surface area contributed by atoms with Crippen LogP contribution in [0.15, 0.2) is 30.5 Å². The highest BCUT2D eigenvalue weighted by atomic mass is 35.5. The van der Waals surface area contributed by atoms with Gasteiger partial charge in [0.2, 0.25) is 17.0 Å². The number of halogens is 1. The number of thiophene rings is 1. The van der Waals surface area contributed by atoms with Crippen molar-refractivity contribution in [2.45, 2.75) is 71.8 Å². The molecule has 0 unspecified atom stereocenters. The van der Waals surface area contributed by atoms with Crippen LogP contribution in [0.3, 0.4) is 0 Å². The summed E-state index contributed by atoms with van der Waals surface area (Å²) in [6.07, 6.45) is 1.37. The number of hydrogen-bond acceptors (Lipinski definition) is 10. The van der Waals surface area contributed by atoms with E-state index in [1.165, 1.54) is 11.3 Å². The fraction of sp³-hybridized carbons (Fsp3) is 0.452. The number of piperazine rings is 1. The van der Waals surface area contributed by atoms with Crippen molar-refractivity contribution in [2.24, 2.45) is 0 Å². The zero-order valence-corrected chi connectivity index (χ0v) is 27.2. The number of amides is 2. The number of carbonyl (C=O) groups is 2. The maximum absolute atomic E-state index is 12.9. The Morgan fingerprint density at radius 1 is 1.11 bits per heavy atom. The second-order valence-corrected chi connectivity index (χ2v) is 14.0. The topological polar surface area (TPSA) is 122 Å². The molecular weight excluding hydrogens is 602 g/mol. The van der Waals surface area contributed by atoms with Gasteiger partial charge in [-0.05, 0) is 71.3 Å². The zero-order chi connectivity index (χ0) is 31.3. The van der Waals surface area contributed by atoms with Crippen LogP contribution in [0.1, 0.15) is 56.8 Å². The minimum absolute atomic E-state index is 0.0272. The lowest BCUT2D eigenvalue weighted by molar-refractivity contribution is -0.0163. The van der Waals surface area contributed by atoms with E-state index in [1.54, 1.807) is 12.3 Å². The Balaban J connectivity index is 1.24. The van der Waals surface area contributed by atoms with Gasteiger partial charge in [-0.1, -0.05) is 0 Å². The van der Waals surface area contributed by atoms with E-state index < -0.39 is 5.60 Å². The van der Waals surface area contributed by atoms with Crippen molar-refractivity contribution in [2.75, 3.05) is 25.0 Å². The number of nitrogens with one attached hydrogen (secondary N) is 2. The van der Waals surface area contributed by atoms with Gasteiger partial charge in [0.1, 0.15) is 10.5 Å². The molecule has 5 heterocycles. The predicted molar refractivity (Wildman–Crippen MR) is 172 cm³/mol. The van der Waals surface area contributed by atoms with Gasteiger partial charge < -0.3 is 25.0 Å². The second-order valence-electron chi connectivity index (χ2n) is 12.6. The fourth-order valence-corrected chi connectivity index (χ4v) is 7.13. The molecule has 1 fully saturated rings. The van der Waals surface area contributed by atoms with Crippen molar-refractivity contribution < 1.29 is 19.1 Å². The quantitative estimate of drug-likeness (QED) is 0.257. The maximum Gasteiger partial charge on any atom is 0.410 e. The number of hydrogen-bond donors (Lipinski definition) is 2. The van der Waals surface area contributed by atoms with Gasteiger partial charge >= 0.3 is 6.09 Å². The number of fused-ring (bicyclic) bond motifs is 5. The van der Waals surface area contributed by atoms with Crippen LogP contribution in [0.4, 0.5) is 10.5 Å². The predicted octanol–water partition coefficient (Wildman–Crippen LogP) is 6.06. The largest absolute Gasteiger partial charge is 0.444 e. The smallest absolute Gasteiger partial charge is 0.410 e. The van der Waals surface area contributed by atoms with Gasteiger partial charge in [-0.2, -0.15) is 4.98 Å². The third kappa shape index (κ3) is 6.11. The van der Waals surface area contributed by atoms with Gasteiger partial charge in [-0.3, -0.25) is 9.69 Å². The summed E-state index contributed by atoms with van der Waals surface area (Å²) < 4.78 is 12.9. The Kier molecular flexibility index (Phi) is 8.02. The number of anilines is 1. The van der Waals surface area contributed by atoms with Crippen molar-refractivity contribution in [1.29, 1.82) is 0 Å². The van der Waals surface area contributed by atoms with E-state index in [0.29, 0.717) is 42.8 Å². The van der Waals surface area contributed by atoms with Crippen molar-refractivity contribution >= 4 is 61.6 Å². The van der Waals surface area contributed by atoms with Gasteiger partial charge in [-0.25, -0.2) is 14.8 Å².